The third-order valence-corrected chi connectivity index (χ3v) is 4.13. The summed E-state index contributed by atoms with van der Waals surface area (Å²) < 4.78 is 38.9. The van der Waals surface area contributed by atoms with Gasteiger partial charge in [0.1, 0.15) is 16.5 Å². The molecule has 0 bridgehead atoms. The van der Waals surface area contributed by atoms with Crippen LogP contribution < -0.4 is 5.73 Å². The molecule has 3 nitrogen and oxygen atoms in total. The van der Waals surface area contributed by atoms with E-state index in [9.17, 15) is 13.0 Å². The van der Waals surface area contributed by atoms with Crippen LogP contribution in [0.1, 0.15) is 13.8 Å². The average molecular weight is 276 g/mol. The molecule has 18 heavy (non-hydrogen) atoms. The van der Waals surface area contributed by atoms with Gasteiger partial charge in [-0.2, -0.15) is 0 Å². The molecule has 0 saturated heterocycles. The first kappa shape index (κ1) is 15.0. The number of anilines is 1. The van der Waals surface area contributed by atoms with E-state index in [1.807, 2.05) is 18.7 Å². The lowest BCUT2D eigenvalue weighted by molar-refractivity contribution is 0.323. The summed E-state index contributed by atoms with van der Waals surface area (Å²) in [6.45, 7) is 6.15. The highest BCUT2D eigenvalue weighted by Crippen LogP contribution is 2.20. The fourth-order valence-electron chi connectivity index (χ4n) is 1.65. The highest BCUT2D eigenvalue weighted by Gasteiger charge is 2.17. The molecule has 1 aromatic carbocycles. The van der Waals surface area contributed by atoms with Crippen molar-refractivity contribution in [3.8, 4) is 0 Å². The second kappa shape index (κ2) is 6.80. The van der Waals surface area contributed by atoms with Gasteiger partial charge in [0.25, 0.3) is 0 Å². The highest BCUT2D eigenvalue weighted by molar-refractivity contribution is 7.85. The van der Waals surface area contributed by atoms with Gasteiger partial charge in [0, 0.05) is 18.0 Å². The summed E-state index contributed by atoms with van der Waals surface area (Å²) in [6.07, 6.45) is 0. The molecule has 0 radical (unpaired) electrons. The summed E-state index contributed by atoms with van der Waals surface area (Å²) in [7, 11) is -1.69. The van der Waals surface area contributed by atoms with Crippen molar-refractivity contribution in [2.75, 3.05) is 31.1 Å². The van der Waals surface area contributed by atoms with Crippen LogP contribution in [-0.4, -0.2) is 34.5 Å². The molecule has 0 spiro atoms. The van der Waals surface area contributed by atoms with Crippen molar-refractivity contribution in [1.29, 1.82) is 0 Å². The Labute approximate surface area is 108 Å². The molecule has 0 aliphatic carbocycles. The molecule has 1 rings (SSSR count). The van der Waals surface area contributed by atoms with Gasteiger partial charge in [-0.05, 0) is 25.2 Å². The standard InChI is InChI=1S/C12H18F2N2OS/c1-3-16(4-2)5-6-18(17)12-10(13)7-9(15)8-11(12)14/h7-8H,3-6,15H2,1-2H3. The maximum absolute atomic E-state index is 13.5. The third-order valence-electron chi connectivity index (χ3n) is 2.74. The summed E-state index contributed by atoms with van der Waals surface area (Å²) >= 11 is 0. The second-order valence-corrected chi connectivity index (χ2v) is 5.40. The molecule has 2 N–H and O–H groups in total. The molecule has 0 aromatic heterocycles. The first-order chi connectivity index (χ1) is 8.49. The van der Waals surface area contributed by atoms with E-state index in [-0.39, 0.29) is 16.3 Å². The smallest absolute Gasteiger partial charge is 0.144 e. The quantitative estimate of drug-likeness (QED) is 0.808. The molecule has 0 heterocycles. The first-order valence-corrected chi connectivity index (χ1v) is 7.16. The summed E-state index contributed by atoms with van der Waals surface area (Å²) in [5.41, 5.74) is 5.30. The number of nitrogens with two attached hydrogens (primary N) is 1. The van der Waals surface area contributed by atoms with E-state index in [2.05, 4.69) is 0 Å². The number of rotatable bonds is 6. The minimum absolute atomic E-state index is 0.00510. The van der Waals surface area contributed by atoms with E-state index in [0.717, 1.165) is 25.2 Å². The number of benzene rings is 1. The Bertz CT molecular complexity index is 413. The number of nitrogens with zero attached hydrogens (tertiary/aromatic N) is 1. The van der Waals surface area contributed by atoms with Gasteiger partial charge >= 0.3 is 0 Å². The van der Waals surface area contributed by atoms with Crippen molar-refractivity contribution in [3.05, 3.63) is 23.8 Å². The molecule has 0 aliphatic rings. The van der Waals surface area contributed by atoms with Crippen LogP contribution in [0.5, 0.6) is 0 Å². The summed E-state index contributed by atoms with van der Waals surface area (Å²) in [4.78, 5) is 1.67. The molecule has 1 aromatic rings. The van der Waals surface area contributed by atoms with Crippen LogP contribution in [0.15, 0.2) is 17.0 Å². The van der Waals surface area contributed by atoms with E-state index in [1.165, 1.54) is 0 Å². The first-order valence-electron chi connectivity index (χ1n) is 5.84. The molecular weight excluding hydrogens is 258 g/mol. The molecule has 1 unspecified atom stereocenters. The topological polar surface area (TPSA) is 46.3 Å². The Hall–Kier alpha value is -1.01. The molecular formula is C12H18F2N2OS. The van der Waals surface area contributed by atoms with Crippen molar-refractivity contribution in [2.45, 2.75) is 18.7 Å². The molecule has 0 saturated carbocycles. The zero-order valence-corrected chi connectivity index (χ0v) is 11.4. The van der Waals surface area contributed by atoms with Gasteiger partial charge in [-0.1, -0.05) is 13.8 Å². The molecule has 0 amide bonds. The Morgan fingerprint density at radius 1 is 1.22 bits per heavy atom. The van der Waals surface area contributed by atoms with Gasteiger partial charge in [-0.15, -0.1) is 0 Å². The lowest BCUT2D eigenvalue weighted by atomic mass is 10.3. The van der Waals surface area contributed by atoms with Gasteiger partial charge < -0.3 is 10.6 Å². The van der Waals surface area contributed by atoms with Crippen LogP contribution in [0, 0.1) is 11.6 Å². The van der Waals surface area contributed by atoms with E-state index in [4.69, 9.17) is 5.73 Å². The normalized spacial score (nSPS) is 12.9. The number of hydrogen-bond donors (Lipinski definition) is 1. The SMILES string of the molecule is CCN(CC)CCS(=O)c1c(F)cc(N)cc1F. The summed E-state index contributed by atoms with van der Waals surface area (Å²) in [6, 6.07) is 1.99. The van der Waals surface area contributed by atoms with Gasteiger partial charge in [0.05, 0.1) is 10.8 Å². The van der Waals surface area contributed by atoms with Gasteiger partial charge in [0.15, 0.2) is 0 Å². The number of hydrogen-bond acceptors (Lipinski definition) is 3. The molecule has 6 heteroatoms. The second-order valence-electron chi connectivity index (χ2n) is 3.89. The maximum Gasteiger partial charge on any atom is 0.144 e. The van der Waals surface area contributed by atoms with Gasteiger partial charge in [-0.3, -0.25) is 4.21 Å². The van der Waals surface area contributed by atoms with Crippen molar-refractivity contribution in [1.82, 2.24) is 4.90 Å². The number of nitrogen functional groups attached to an aromatic ring is 1. The molecule has 0 aliphatic heterocycles. The Balaban J connectivity index is 2.79. The lowest BCUT2D eigenvalue weighted by Gasteiger charge is -2.17. The van der Waals surface area contributed by atoms with Crippen LogP contribution in [0.3, 0.4) is 0 Å². The predicted molar refractivity (Wildman–Crippen MR) is 69.8 cm³/mol. The summed E-state index contributed by atoms with van der Waals surface area (Å²) in [5.74, 6) is -1.48. The van der Waals surface area contributed by atoms with Crippen LogP contribution in [0.2, 0.25) is 0 Å². The van der Waals surface area contributed by atoms with Crippen LogP contribution in [0.25, 0.3) is 0 Å². The fraction of sp³-hybridized carbons (Fsp3) is 0.500. The van der Waals surface area contributed by atoms with Crippen LogP contribution in [-0.2, 0) is 10.8 Å². The monoisotopic (exact) mass is 276 g/mol. The van der Waals surface area contributed by atoms with Crippen LogP contribution in [0.4, 0.5) is 14.5 Å². The van der Waals surface area contributed by atoms with Gasteiger partial charge in [0.2, 0.25) is 0 Å². The van der Waals surface area contributed by atoms with Crippen molar-refractivity contribution >= 4 is 16.5 Å². The average Bonchev–Trinajstić information content (AvgIpc) is 2.28. The van der Waals surface area contributed by atoms with Crippen molar-refractivity contribution in [2.24, 2.45) is 0 Å². The minimum atomic E-state index is -1.69. The predicted octanol–water partition coefficient (Wildman–Crippen LogP) is 2.00. The Kier molecular flexibility index (Phi) is 5.68. The Morgan fingerprint density at radius 3 is 2.17 bits per heavy atom. The van der Waals surface area contributed by atoms with E-state index in [1.54, 1.807) is 0 Å². The van der Waals surface area contributed by atoms with E-state index < -0.39 is 22.4 Å². The number of halogens is 2. The third kappa shape index (κ3) is 3.74. The minimum Gasteiger partial charge on any atom is -0.399 e. The molecule has 102 valence electrons. The molecule has 0 fully saturated rings. The van der Waals surface area contributed by atoms with Gasteiger partial charge in [-0.25, -0.2) is 8.78 Å². The highest BCUT2D eigenvalue weighted by atomic mass is 32.2. The Morgan fingerprint density at radius 2 is 1.72 bits per heavy atom. The fourth-order valence-corrected chi connectivity index (χ4v) is 2.83. The van der Waals surface area contributed by atoms with Crippen molar-refractivity contribution in [3.63, 3.8) is 0 Å². The zero-order valence-electron chi connectivity index (χ0n) is 10.6. The van der Waals surface area contributed by atoms with Crippen LogP contribution >= 0.6 is 0 Å². The molecule has 1 atom stereocenters. The van der Waals surface area contributed by atoms with E-state index in [0.29, 0.717) is 6.54 Å². The van der Waals surface area contributed by atoms with Crippen molar-refractivity contribution < 1.29 is 13.0 Å². The summed E-state index contributed by atoms with van der Waals surface area (Å²) in [5, 5.41) is 0. The van der Waals surface area contributed by atoms with E-state index >= 15 is 0 Å². The largest absolute Gasteiger partial charge is 0.399 e. The lowest BCUT2D eigenvalue weighted by Crippen LogP contribution is -2.27. The zero-order chi connectivity index (χ0) is 13.7. The maximum atomic E-state index is 13.5.